The van der Waals surface area contributed by atoms with Crippen LogP contribution in [0.15, 0.2) is 54.6 Å². The number of carbonyl (C=O) groups excluding carboxylic acids is 1. The minimum atomic E-state index is 0.110. The Hall–Kier alpha value is -3.15. The molecular formula is C25H29N5O. The summed E-state index contributed by atoms with van der Waals surface area (Å²) in [5.74, 6) is 1.99. The van der Waals surface area contributed by atoms with E-state index >= 15 is 0 Å². The summed E-state index contributed by atoms with van der Waals surface area (Å²) in [6.07, 6.45) is 5.08. The maximum atomic E-state index is 13.2. The molecule has 2 aliphatic rings. The molecule has 0 atom stereocenters. The van der Waals surface area contributed by atoms with Crippen molar-refractivity contribution >= 4 is 28.3 Å². The number of rotatable bonds is 3. The quantitative estimate of drug-likeness (QED) is 0.648. The lowest BCUT2D eigenvalue weighted by Gasteiger charge is -2.35. The van der Waals surface area contributed by atoms with Gasteiger partial charge in [-0.05, 0) is 41.8 Å². The van der Waals surface area contributed by atoms with Crippen LogP contribution in [0.5, 0.6) is 0 Å². The molecule has 160 valence electrons. The summed E-state index contributed by atoms with van der Waals surface area (Å²) in [5, 5.41) is 11.1. The molecule has 5 rings (SSSR count). The average molecular weight is 416 g/mol. The highest BCUT2D eigenvalue weighted by molar-refractivity contribution is 6.07. The lowest BCUT2D eigenvalue weighted by atomic mass is 10.0. The molecule has 6 nitrogen and oxygen atoms in total. The Morgan fingerprint density at radius 1 is 0.645 bits per heavy atom. The first kappa shape index (κ1) is 19.8. The highest BCUT2D eigenvalue weighted by atomic mass is 16.2. The summed E-state index contributed by atoms with van der Waals surface area (Å²) in [5.41, 5.74) is 0.785. The van der Waals surface area contributed by atoms with Gasteiger partial charge < -0.3 is 14.7 Å². The van der Waals surface area contributed by atoms with E-state index in [4.69, 9.17) is 0 Å². The number of amides is 1. The molecule has 0 N–H and O–H groups in total. The molecule has 3 heterocycles. The molecule has 1 aromatic heterocycles. The lowest BCUT2D eigenvalue weighted by Crippen LogP contribution is -2.49. The topological polar surface area (TPSA) is 52.6 Å². The Bertz CT molecular complexity index is 1030. The van der Waals surface area contributed by atoms with Gasteiger partial charge in [0.05, 0.1) is 0 Å². The van der Waals surface area contributed by atoms with Crippen LogP contribution in [0.25, 0.3) is 10.8 Å². The second-order valence-corrected chi connectivity index (χ2v) is 8.46. The van der Waals surface area contributed by atoms with Gasteiger partial charge in [0.2, 0.25) is 0 Å². The number of hydrogen-bond acceptors (Lipinski definition) is 5. The molecule has 2 fully saturated rings. The summed E-state index contributed by atoms with van der Waals surface area (Å²) in [7, 11) is 0. The largest absolute Gasteiger partial charge is 0.355 e. The fourth-order valence-electron chi connectivity index (χ4n) is 4.68. The Morgan fingerprint density at radius 3 is 1.94 bits per heavy atom. The Labute approximate surface area is 183 Å². The number of hydrogen-bond donors (Lipinski definition) is 0. The number of nitrogens with zero attached hydrogens (tertiary/aromatic N) is 5. The van der Waals surface area contributed by atoms with Gasteiger partial charge in [-0.25, -0.2) is 0 Å². The molecule has 2 saturated heterocycles. The van der Waals surface area contributed by atoms with Crippen molar-refractivity contribution in [2.24, 2.45) is 0 Å². The normalized spacial score (nSPS) is 17.6. The minimum absolute atomic E-state index is 0.110. The minimum Gasteiger partial charge on any atom is -0.355 e. The molecule has 0 aliphatic carbocycles. The SMILES string of the molecule is O=C(c1cccc2ccccc12)N1CCN(c2ccc(N3CCCCCC3)nn2)CC1. The van der Waals surface area contributed by atoms with Crippen molar-refractivity contribution in [1.29, 1.82) is 0 Å². The summed E-state index contributed by atoms with van der Waals surface area (Å²) in [6.45, 7) is 5.07. The standard InChI is InChI=1S/C25H29N5O/c31-25(22-11-7-9-20-8-3-4-10-21(20)22)30-18-16-29(17-19-30)24-13-12-23(26-27-24)28-14-5-1-2-6-15-28/h3-4,7-13H,1-2,5-6,14-19H2. The van der Waals surface area contributed by atoms with Gasteiger partial charge >= 0.3 is 0 Å². The van der Waals surface area contributed by atoms with Crippen molar-refractivity contribution in [3.05, 3.63) is 60.2 Å². The van der Waals surface area contributed by atoms with Crippen molar-refractivity contribution in [3.8, 4) is 0 Å². The molecule has 31 heavy (non-hydrogen) atoms. The molecule has 0 saturated carbocycles. The molecule has 0 spiro atoms. The van der Waals surface area contributed by atoms with E-state index in [1.807, 2.05) is 35.2 Å². The molecule has 3 aromatic rings. The van der Waals surface area contributed by atoms with E-state index in [1.165, 1.54) is 25.7 Å². The smallest absolute Gasteiger partial charge is 0.254 e. The Balaban J connectivity index is 1.23. The first-order valence-corrected chi connectivity index (χ1v) is 11.4. The van der Waals surface area contributed by atoms with Crippen LogP contribution in [0.1, 0.15) is 36.0 Å². The third kappa shape index (κ3) is 4.20. The number of piperazine rings is 1. The summed E-state index contributed by atoms with van der Waals surface area (Å²) >= 11 is 0. The van der Waals surface area contributed by atoms with Crippen LogP contribution in [-0.2, 0) is 0 Å². The number of anilines is 2. The summed E-state index contributed by atoms with van der Waals surface area (Å²) in [4.78, 5) is 19.7. The predicted molar refractivity (Wildman–Crippen MR) is 125 cm³/mol. The molecule has 2 aliphatic heterocycles. The van der Waals surface area contributed by atoms with E-state index < -0.39 is 0 Å². The van der Waals surface area contributed by atoms with Crippen LogP contribution >= 0.6 is 0 Å². The zero-order valence-corrected chi connectivity index (χ0v) is 17.9. The highest BCUT2D eigenvalue weighted by Crippen LogP contribution is 2.22. The first-order chi connectivity index (χ1) is 15.3. The number of aromatic nitrogens is 2. The number of carbonyl (C=O) groups is 1. The second kappa shape index (κ2) is 8.92. The van der Waals surface area contributed by atoms with Gasteiger partial charge in [0, 0.05) is 44.8 Å². The molecule has 1 amide bonds. The van der Waals surface area contributed by atoms with Gasteiger partial charge in [0.25, 0.3) is 5.91 Å². The zero-order valence-electron chi connectivity index (χ0n) is 17.9. The summed E-state index contributed by atoms with van der Waals surface area (Å²) in [6, 6.07) is 18.2. The van der Waals surface area contributed by atoms with E-state index in [0.29, 0.717) is 13.1 Å². The Morgan fingerprint density at radius 2 is 1.26 bits per heavy atom. The van der Waals surface area contributed by atoms with Crippen molar-refractivity contribution in [2.75, 3.05) is 49.1 Å². The van der Waals surface area contributed by atoms with E-state index in [0.717, 1.165) is 54.2 Å². The van der Waals surface area contributed by atoms with Gasteiger partial charge in [-0.1, -0.05) is 49.2 Å². The molecule has 0 radical (unpaired) electrons. The Kier molecular flexibility index (Phi) is 5.69. The molecule has 6 heteroatoms. The molecule has 0 unspecified atom stereocenters. The van der Waals surface area contributed by atoms with E-state index in [1.54, 1.807) is 0 Å². The van der Waals surface area contributed by atoms with Gasteiger partial charge in [-0.2, -0.15) is 0 Å². The van der Waals surface area contributed by atoms with E-state index in [-0.39, 0.29) is 5.91 Å². The van der Waals surface area contributed by atoms with Gasteiger partial charge in [0.15, 0.2) is 11.6 Å². The third-order valence-electron chi connectivity index (χ3n) is 6.48. The fourth-order valence-corrected chi connectivity index (χ4v) is 4.68. The zero-order chi connectivity index (χ0) is 21.0. The monoisotopic (exact) mass is 415 g/mol. The van der Waals surface area contributed by atoms with Gasteiger partial charge in [-0.3, -0.25) is 4.79 Å². The van der Waals surface area contributed by atoms with Crippen molar-refractivity contribution < 1.29 is 4.79 Å². The van der Waals surface area contributed by atoms with E-state index in [2.05, 4.69) is 44.3 Å². The second-order valence-electron chi connectivity index (χ2n) is 8.46. The van der Waals surface area contributed by atoms with Crippen LogP contribution < -0.4 is 9.80 Å². The molecule has 2 aromatic carbocycles. The number of benzene rings is 2. The van der Waals surface area contributed by atoms with Crippen LogP contribution in [0.3, 0.4) is 0 Å². The molecule has 0 bridgehead atoms. The van der Waals surface area contributed by atoms with Gasteiger partial charge in [0.1, 0.15) is 0 Å². The summed E-state index contributed by atoms with van der Waals surface area (Å²) < 4.78 is 0. The van der Waals surface area contributed by atoms with E-state index in [9.17, 15) is 4.79 Å². The van der Waals surface area contributed by atoms with Crippen LogP contribution in [-0.4, -0.2) is 60.3 Å². The first-order valence-electron chi connectivity index (χ1n) is 11.4. The van der Waals surface area contributed by atoms with Crippen molar-refractivity contribution in [1.82, 2.24) is 15.1 Å². The highest BCUT2D eigenvalue weighted by Gasteiger charge is 2.24. The average Bonchev–Trinajstić information content (AvgIpc) is 3.13. The third-order valence-corrected chi connectivity index (χ3v) is 6.48. The van der Waals surface area contributed by atoms with Crippen molar-refractivity contribution in [3.63, 3.8) is 0 Å². The number of fused-ring (bicyclic) bond motifs is 1. The van der Waals surface area contributed by atoms with Crippen LogP contribution in [0, 0.1) is 0 Å². The van der Waals surface area contributed by atoms with Crippen LogP contribution in [0.2, 0.25) is 0 Å². The van der Waals surface area contributed by atoms with Crippen LogP contribution in [0.4, 0.5) is 11.6 Å². The lowest BCUT2D eigenvalue weighted by molar-refractivity contribution is 0.0748. The maximum Gasteiger partial charge on any atom is 0.254 e. The molecular weight excluding hydrogens is 386 g/mol. The van der Waals surface area contributed by atoms with Gasteiger partial charge in [-0.15, -0.1) is 10.2 Å². The maximum absolute atomic E-state index is 13.2. The van der Waals surface area contributed by atoms with Crippen molar-refractivity contribution in [2.45, 2.75) is 25.7 Å². The fraction of sp³-hybridized carbons (Fsp3) is 0.400. The predicted octanol–water partition coefficient (Wildman–Crippen LogP) is 3.97.